The predicted octanol–water partition coefficient (Wildman–Crippen LogP) is 2.49. The van der Waals surface area contributed by atoms with Crippen molar-refractivity contribution in [3.8, 4) is 23.7 Å². The van der Waals surface area contributed by atoms with Crippen LogP contribution in [0.3, 0.4) is 0 Å². The number of hydrogen-bond acceptors (Lipinski definition) is 5. The quantitative estimate of drug-likeness (QED) is 0.313. The van der Waals surface area contributed by atoms with Crippen LogP contribution in [-0.4, -0.2) is 36.4 Å². The van der Waals surface area contributed by atoms with Gasteiger partial charge < -0.3 is 14.6 Å². The zero-order valence-corrected chi connectivity index (χ0v) is 15.3. The van der Waals surface area contributed by atoms with Crippen LogP contribution in [0.2, 0.25) is 0 Å². The van der Waals surface area contributed by atoms with E-state index < -0.39 is 12.1 Å². The highest BCUT2D eigenvalue weighted by atomic mass is 16.6. The van der Waals surface area contributed by atoms with Crippen LogP contribution in [0.4, 0.5) is 0 Å². The van der Waals surface area contributed by atoms with Crippen molar-refractivity contribution < 1.29 is 24.2 Å². The Bertz CT molecular complexity index is 683. The third-order valence-electron chi connectivity index (χ3n) is 2.51. The van der Waals surface area contributed by atoms with Gasteiger partial charge in [0.05, 0.1) is 13.2 Å². The number of carbonyl (C=O) groups excluding carboxylic acids is 2. The van der Waals surface area contributed by atoms with Crippen molar-refractivity contribution in [3.63, 3.8) is 0 Å². The molecule has 0 aliphatic rings. The van der Waals surface area contributed by atoms with Gasteiger partial charge in [0.25, 0.3) is 0 Å². The number of ether oxygens (including phenoxy) is 2. The first kappa shape index (κ1) is 23.0. The molecule has 0 saturated carbocycles. The minimum atomic E-state index is -0.515. The van der Waals surface area contributed by atoms with Gasteiger partial charge in [-0.3, -0.25) is 4.79 Å². The van der Waals surface area contributed by atoms with Crippen LogP contribution in [0.15, 0.2) is 48.1 Å². The van der Waals surface area contributed by atoms with Crippen LogP contribution in [0.25, 0.3) is 0 Å². The zero-order chi connectivity index (χ0) is 19.6. The van der Waals surface area contributed by atoms with Crippen molar-refractivity contribution in [3.05, 3.63) is 48.1 Å². The second kappa shape index (κ2) is 15.5. The Morgan fingerprint density at radius 2 is 1.77 bits per heavy atom. The highest BCUT2D eigenvalue weighted by molar-refractivity contribution is 5.82. The third kappa shape index (κ3) is 15.9. The first-order valence-corrected chi connectivity index (χ1v) is 8.04. The average Bonchev–Trinajstić information content (AvgIpc) is 2.55. The van der Waals surface area contributed by atoms with Crippen LogP contribution in [0.1, 0.15) is 27.2 Å². The van der Waals surface area contributed by atoms with Crippen LogP contribution in [-0.2, 0) is 19.1 Å². The monoisotopic (exact) mass is 356 g/mol. The molecule has 0 heterocycles. The molecule has 1 atom stereocenters. The number of allylic oxidation sites excluding steroid dienone is 5. The van der Waals surface area contributed by atoms with Crippen molar-refractivity contribution >= 4 is 11.9 Å². The maximum atomic E-state index is 11.7. The fraction of sp³-hybridized carbons (Fsp3) is 0.333. The molecule has 0 aliphatic heterocycles. The summed E-state index contributed by atoms with van der Waals surface area (Å²) in [7, 11) is 0. The van der Waals surface area contributed by atoms with Crippen molar-refractivity contribution in [1.29, 1.82) is 0 Å². The summed E-state index contributed by atoms with van der Waals surface area (Å²) < 4.78 is 10.2. The van der Waals surface area contributed by atoms with Gasteiger partial charge in [-0.1, -0.05) is 35.6 Å². The van der Waals surface area contributed by atoms with Crippen LogP contribution in [0, 0.1) is 23.7 Å². The Hall–Kier alpha value is -3.02. The van der Waals surface area contributed by atoms with E-state index in [1.807, 2.05) is 0 Å². The van der Waals surface area contributed by atoms with Gasteiger partial charge in [-0.15, -0.1) is 0 Å². The van der Waals surface area contributed by atoms with E-state index in [4.69, 9.17) is 14.6 Å². The zero-order valence-electron chi connectivity index (χ0n) is 15.3. The molecule has 26 heavy (non-hydrogen) atoms. The Morgan fingerprint density at radius 3 is 2.38 bits per heavy atom. The molecule has 0 rings (SSSR count). The molecular weight excluding hydrogens is 332 g/mol. The molecule has 0 amide bonds. The molecule has 5 heteroatoms. The van der Waals surface area contributed by atoms with Crippen molar-refractivity contribution in [2.45, 2.75) is 33.3 Å². The minimum absolute atomic E-state index is 0.0520. The Balaban J connectivity index is 4.66. The molecule has 5 nitrogen and oxygen atoms in total. The molecule has 1 unspecified atom stereocenters. The maximum Gasteiger partial charge on any atom is 0.331 e. The maximum absolute atomic E-state index is 11.7. The summed E-state index contributed by atoms with van der Waals surface area (Å²) in [5.41, 5.74) is 0.836. The summed E-state index contributed by atoms with van der Waals surface area (Å²) >= 11 is 0. The molecule has 0 aromatic rings. The minimum Gasteiger partial charge on any atom is -0.466 e. The van der Waals surface area contributed by atoms with Crippen molar-refractivity contribution in [2.24, 2.45) is 0 Å². The summed E-state index contributed by atoms with van der Waals surface area (Å²) in [6.45, 7) is 5.03. The van der Waals surface area contributed by atoms with Gasteiger partial charge in [0.15, 0.2) is 0 Å². The van der Waals surface area contributed by atoms with E-state index in [0.29, 0.717) is 6.42 Å². The standard InChI is InChI=1S/C21H24O5/c1-18(2)17-21(24)26-20(14-16-25-19(3)23)13-11-9-7-5-4-6-8-10-12-15-22/h7,9-13,17,20,22H,14-16H2,1-3H3/b9-7?,12-10+,13-11+. The summed E-state index contributed by atoms with van der Waals surface area (Å²) in [6.07, 6.45) is 11.0. The second-order valence-electron chi connectivity index (χ2n) is 5.19. The summed E-state index contributed by atoms with van der Waals surface area (Å²) in [6, 6.07) is 0. The van der Waals surface area contributed by atoms with Gasteiger partial charge in [-0.25, -0.2) is 4.79 Å². The van der Waals surface area contributed by atoms with Gasteiger partial charge >= 0.3 is 11.9 Å². The van der Waals surface area contributed by atoms with E-state index in [0.717, 1.165) is 5.57 Å². The fourth-order valence-electron chi connectivity index (χ4n) is 1.49. The lowest BCUT2D eigenvalue weighted by atomic mass is 10.2. The number of rotatable bonds is 8. The lowest BCUT2D eigenvalue weighted by Gasteiger charge is -2.13. The van der Waals surface area contributed by atoms with Crippen molar-refractivity contribution in [2.75, 3.05) is 13.2 Å². The summed E-state index contributed by atoms with van der Waals surface area (Å²) in [5.74, 6) is 9.75. The number of aliphatic hydroxyl groups excluding tert-OH is 1. The molecule has 0 spiro atoms. The second-order valence-corrected chi connectivity index (χ2v) is 5.19. The molecule has 138 valence electrons. The van der Waals surface area contributed by atoms with Crippen LogP contribution in [0.5, 0.6) is 0 Å². The van der Waals surface area contributed by atoms with Gasteiger partial charge in [0.1, 0.15) is 6.10 Å². The van der Waals surface area contributed by atoms with Gasteiger partial charge in [-0.05, 0) is 43.9 Å². The third-order valence-corrected chi connectivity index (χ3v) is 2.51. The highest BCUT2D eigenvalue weighted by Crippen LogP contribution is 2.04. The molecule has 1 N–H and O–H groups in total. The smallest absolute Gasteiger partial charge is 0.331 e. The van der Waals surface area contributed by atoms with Crippen molar-refractivity contribution in [1.82, 2.24) is 0 Å². The molecule has 0 aromatic heterocycles. The fourth-order valence-corrected chi connectivity index (χ4v) is 1.49. The topological polar surface area (TPSA) is 72.8 Å². The number of carbonyl (C=O) groups is 2. The lowest BCUT2D eigenvalue weighted by molar-refractivity contribution is -0.144. The van der Waals surface area contributed by atoms with E-state index in [9.17, 15) is 9.59 Å². The largest absolute Gasteiger partial charge is 0.466 e. The first-order chi connectivity index (χ1) is 12.5. The van der Waals surface area contributed by atoms with E-state index in [1.165, 1.54) is 25.2 Å². The number of esters is 2. The summed E-state index contributed by atoms with van der Waals surface area (Å²) in [4.78, 5) is 22.6. The molecule has 0 radical (unpaired) electrons. The molecular formula is C21H24O5. The van der Waals surface area contributed by atoms with Crippen LogP contribution >= 0.6 is 0 Å². The highest BCUT2D eigenvalue weighted by Gasteiger charge is 2.10. The Labute approximate surface area is 155 Å². The number of aliphatic hydroxyl groups is 1. The molecule has 0 fully saturated rings. The normalized spacial score (nSPS) is 11.4. The van der Waals surface area contributed by atoms with Gasteiger partial charge in [0.2, 0.25) is 0 Å². The van der Waals surface area contributed by atoms with E-state index in [-0.39, 0.29) is 19.2 Å². The van der Waals surface area contributed by atoms with E-state index >= 15 is 0 Å². The SMILES string of the molecule is CC(=O)OCCC(/C=C/C=CC#CC#C/C=C/CO)OC(=O)C=C(C)C. The molecule has 0 saturated heterocycles. The first-order valence-electron chi connectivity index (χ1n) is 8.04. The predicted molar refractivity (Wildman–Crippen MR) is 101 cm³/mol. The Morgan fingerprint density at radius 1 is 1.08 bits per heavy atom. The molecule has 0 aliphatic carbocycles. The number of hydrogen-bond donors (Lipinski definition) is 1. The molecule has 0 bridgehead atoms. The van der Waals surface area contributed by atoms with Crippen LogP contribution < -0.4 is 0 Å². The lowest BCUT2D eigenvalue weighted by Crippen LogP contribution is -2.17. The van der Waals surface area contributed by atoms with E-state index in [1.54, 1.807) is 38.2 Å². The average molecular weight is 356 g/mol. The summed E-state index contributed by atoms with van der Waals surface area (Å²) in [5, 5.41) is 8.52. The molecule has 0 aromatic carbocycles. The van der Waals surface area contributed by atoms with E-state index in [2.05, 4.69) is 23.7 Å². The Kier molecular flexibility index (Phi) is 13.7. The van der Waals surface area contributed by atoms with Gasteiger partial charge in [0, 0.05) is 19.4 Å². The van der Waals surface area contributed by atoms with Gasteiger partial charge in [-0.2, -0.15) is 0 Å².